The second-order valence-electron chi connectivity index (χ2n) is 5.70. The average molecular weight is 407 g/mol. The summed E-state index contributed by atoms with van der Waals surface area (Å²) in [5.41, 5.74) is 4.94. The molecule has 0 spiro atoms. The Kier molecular flexibility index (Phi) is 18.9. The Hall–Kier alpha value is -2.49. The first-order chi connectivity index (χ1) is 13.7. The lowest BCUT2D eigenvalue weighted by molar-refractivity contribution is 0.0600. The first-order valence-corrected chi connectivity index (χ1v) is 10.3. The lowest BCUT2D eigenvalue weighted by Gasteiger charge is -2.05. The van der Waals surface area contributed by atoms with Gasteiger partial charge >= 0.3 is 5.97 Å². The maximum Gasteiger partial charge on any atom is 0.337 e. The van der Waals surface area contributed by atoms with E-state index in [1.165, 1.54) is 12.7 Å². The summed E-state index contributed by atoms with van der Waals surface area (Å²) in [5, 5.41) is 18.8. The smallest absolute Gasteiger partial charge is 0.337 e. The van der Waals surface area contributed by atoms with E-state index in [4.69, 9.17) is 0 Å². The van der Waals surface area contributed by atoms with Gasteiger partial charge in [0.15, 0.2) is 0 Å². The van der Waals surface area contributed by atoms with Crippen molar-refractivity contribution < 1.29 is 19.7 Å². The standard InChI is InChI=1S/C10H12O3.C9H12O.3C2H6/c1-6-4-8(10(12)13-3)5-7(2)9(6)11;1-6-4-7(2)9(10)8(3)5-6;3*1-2/h4-5,11H,1-3H3;4-5,10H,1-3H3;3*1-2H3. The maximum absolute atomic E-state index is 11.1. The summed E-state index contributed by atoms with van der Waals surface area (Å²) in [6.07, 6.45) is 0. The van der Waals surface area contributed by atoms with Gasteiger partial charge in [-0.2, -0.15) is 0 Å². The second kappa shape index (κ2) is 17.6. The molecule has 2 rings (SSSR count). The molecule has 0 amide bonds. The van der Waals surface area contributed by atoms with Crippen LogP contribution in [0.15, 0.2) is 24.3 Å². The van der Waals surface area contributed by atoms with Crippen LogP contribution in [0, 0.1) is 34.6 Å². The van der Waals surface area contributed by atoms with Crippen molar-refractivity contribution in [2.45, 2.75) is 76.2 Å². The highest BCUT2D eigenvalue weighted by molar-refractivity contribution is 5.90. The first kappa shape index (κ1) is 31.2. The van der Waals surface area contributed by atoms with Crippen LogP contribution in [0.25, 0.3) is 0 Å². The summed E-state index contributed by atoms with van der Waals surface area (Å²) in [6, 6.07) is 7.16. The molecular weight excluding hydrogens is 364 g/mol. The van der Waals surface area contributed by atoms with Crippen LogP contribution in [0.1, 0.15) is 79.7 Å². The van der Waals surface area contributed by atoms with Crippen LogP contribution in [0.5, 0.6) is 11.5 Å². The van der Waals surface area contributed by atoms with Gasteiger partial charge in [0.05, 0.1) is 12.7 Å². The lowest BCUT2D eigenvalue weighted by atomic mass is 10.1. The number of rotatable bonds is 1. The highest BCUT2D eigenvalue weighted by Gasteiger charge is 2.09. The van der Waals surface area contributed by atoms with Gasteiger partial charge in [-0.3, -0.25) is 0 Å². The Morgan fingerprint density at radius 2 is 0.931 bits per heavy atom. The molecule has 0 saturated heterocycles. The normalized spacial score (nSPS) is 8.41. The fraction of sp³-hybridized carbons (Fsp3) is 0.480. The molecule has 0 atom stereocenters. The molecule has 0 unspecified atom stereocenters. The monoisotopic (exact) mass is 406 g/mol. The number of carbonyl (C=O) groups is 1. The van der Waals surface area contributed by atoms with E-state index in [0.29, 0.717) is 22.4 Å². The number of methoxy groups -OCH3 is 1. The number of carbonyl (C=O) groups excluding carboxylic acids is 1. The quantitative estimate of drug-likeness (QED) is 0.492. The molecule has 4 nitrogen and oxygen atoms in total. The molecule has 2 aromatic rings. The molecule has 0 bridgehead atoms. The Bertz CT molecular complexity index is 673. The molecule has 4 heteroatoms. The summed E-state index contributed by atoms with van der Waals surface area (Å²) in [5.74, 6) is 0.268. The van der Waals surface area contributed by atoms with Crippen LogP contribution < -0.4 is 0 Å². The Morgan fingerprint density at radius 3 is 1.21 bits per heavy atom. The molecule has 0 aliphatic carbocycles. The topological polar surface area (TPSA) is 66.8 Å². The van der Waals surface area contributed by atoms with Crippen molar-refractivity contribution in [3.63, 3.8) is 0 Å². The van der Waals surface area contributed by atoms with Crippen LogP contribution in [0.4, 0.5) is 0 Å². The van der Waals surface area contributed by atoms with Crippen molar-refractivity contribution in [1.82, 2.24) is 0 Å². The van der Waals surface area contributed by atoms with Gasteiger partial charge in [0.1, 0.15) is 11.5 Å². The second-order valence-corrected chi connectivity index (χ2v) is 5.70. The fourth-order valence-corrected chi connectivity index (χ4v) is 2.36. The molecule has 0 aliphatic heterocycles. The van der Waals surface area contributed by atoms with Crippen molar-refractivity contribution in [3.05, 3.63) is 57.6 Å². The van der Waals surface area contributed by atoms with E-state index in [0.717, 1.165) is 11.1 Å². The molecule has 0 radical (unpaired) electrons. The van der Waals surface area contributed by atoms with Crippen LogP contribution in [-0.4, -0.2) is 23.3 Å². The Balaban J connectivity index is -0.000000377. The number of phenolic OH excluding ortho intramolecular Hbond substituents is 2. The zero-order valence-electron chi connectivity index (χ0n) is 20.5. The number of ether oxygens (including phenoxy) is 1. The third-order valence-electron chi connectivity index (χ3n) is 3.55. The number of hydrogen-bond acceptors (Lipinski definition) is 4. The van der Waals surface area contributed by atoms with Gasteiger partial charge in [-0.05, 0) is 69.0 Å². The van der Waals surface area contributed by atoms with Crippen LogP contribution >= 0.6 is 0 Å². The summed E-state index contributed by atoms with van der Waals surface area (Å²) in [4.78, 5) is 11.1. The van der Waals surface area contributed by atoms with E-state index in [-0.39, 0.29) is 11.7 Å². The van der Waals surface area contributed by atoms with Gasteiger partial charge in [0.25, 0.3) is 0 Å². The molecule has 0 fully saturated rings. The van der Waals surface area contributed by atoms with Gasteiger partial charge in [-0.15, -0.1) is 0 Å². The van der Waals surface area contributed by atoms with Crippen LogP contribution in [0.2, 0.25) is 0 Å². The first-order valence-electron chi connectivity index (χ1n) is 10.3. The van der Waals surface area contributed by atoms with E-state index in [2.05, 4.69) is 4.74 Å². The highest BCUT2D eigenvalue weighted by atomic mass is 16.5. The maximum atomic E-state index is 11.1. The third-order valence-corrected chi connectivity index (χ3v) is 3.55. The molecule has 0 aliphatic rings. The van der Waals surface area contributed by atoms with Gasteiger partial charge in [-0.25, -0.2) is 4.79 Å². The SMILES string of the molecule is CC.CC.CC.COC(=O)c1cc(C)c(O)c(C)c1.Cc1cc(C)c(O)c(C)c1. The minimum Gasteiger partial charge on any atom is -0.507 e. The summed E-state index contributed by atoms with van der Waals surface area (Å²) in [7, 11) is 1.33. The summed E-state index contributed by atoms with van der Waals surface area (Å²) >= 11 is 0. The minimum absolute atomic E-state index is 0.229. The van der Waals surface area contributed by atoms with Crippen LogP contribution in [0.3, 0.4) is 0 Å². The highest BCUT2D eigenvalue weighted by Crippen LogP contribution is 2.23. The number of benzene rings is 2. The largest absolute Gasteiger partial charge is 0.507 e. The number of aromatic hydroxyl groups is 2. The van der Waals surface area contributed by atoms with Crippen molar-refractivity contribution in [3.8, 4) is 11.5 Å². The van der Waals surface area contributed by atoms with Gasteiger partial charge < -0.3 is 14.9 Å². The third kappa shape index (κ3) is 11.2. The molecular formula is C25H42O4. The molecule has 0 heterocycles. The van der Waals surface area contributed by atoms with Gasteiger partial charge in [0, 0.05) is 0 Å². The number of phenols is 2. The predicted molar refractivity (Wildman–Crippen MR) is 125 cm³/mol. The van der Waals surface area contributed by atoms with E-state index in [1.807, 2.05) is 74.4 Å². The minimum atomic E-state index is -0.383. The van der Waals surface area contributed by atoms with Gasteiger partial charge in [-0.1, -0.05) is 59.2 Å². The molecule has 0 aromatic heterocycles. The molecule has 0 saturated carbocycles. The van der Waals surface area contributed by atoms with Gasteiger partial charge in [0.2, 0.25) is 0 Å². The molecule has 166 valence electrons. The van der Waals surface area contributed by atoms with E-state index in [1.54, 1.807) is 26.0 Å². The van der Waals surface area contributed by atoms with E-state index < -0.39 is 0 Å². The van der Waals surface area contributed by atoms with Crippen molar-refractivity contribution in [2.75, 3.05) is 7.11 Å². The average Bonchev–Trinajstić information content (AvgIpc) is 2.74. The summed E-state index contributed by atoms with van der Waals surface area (Å²) < 4.78 is 4.57. The predicted octanol–water partition coefficient (Wildman–Crippen LogP) is 7.19. The Morgan fingerprint density at radius 1 is 0.655 bits per heavy atom. The van der Waals surface area contributed by atoms with E-state index >= 15 is 0 Å². The number of aryl methyl sites for hydroxylation is 5. The number of esters is 1. The van der Waals surface area contributed by atoms with Crippen LogP contribution in [-0.2, 0) is 4.74 Å². The fourth-order valence-electron chi connectivity index (χ4n) is 2.36. The number of hydrogen-bond donors (Lipinski definition) is 2. The summed E-state index contributed by atoms with van der Waals surface area (Å²) in [6.45, 7) is 21.3. The zero-order chi connectivity index (χ0) is 23.7. The molecule has 29 heavy (non-hydrogen) atoms. The van der Waals surface area contributed by atoms with Crippen molar-refractivity contribution in [1.29, 1.82) is 0 Å². The lowest BCUT2D eigenvalue weighted by Crippen LogP contribution is -2.02. The van der Waals surface area contributed by atoms with Crippen molar-refractivity contribution in [2.24, 2.45) is 0 Å². The Labute approximate surface area is 178 Å². The van der Waals surface area contributed by atoms with E-state index in [9.17, 15) is 15.0 Å². The van der Waals surface area contributed by atoms with Crippen molar-refractivity contribution >= 4 is 5.97 Å². The molecule has 2 aromatic carbocycles. The molecule has 2 N–H and O–H groups in total. The zero-order valence-corrected chi connectivity index (χ0v) is 20.5.